The van der Waals surface area contributed by atoms with Crippen molar-refractivity contribution in [2.24, 2.45) is 5.92 Å². The third-order valence-corrected chi connectivity index (χ3v) is 5.35. The maximum absolute atomic E-state index is 13.2. The first-order chi connectivity index (χ1) is 13.4. The van der Waals surface area contributed by atoms with Gasteiger partial charge in [-0.25, -0.2) is 0 Å². The molecular formula is C21H27N3O4. The van der Waals surface area contributed by atoms with Crippen LogP contribution in [0.4, 0.5) is 11.4 Å². The molecule has 0 aromatic heterocycles. The molecule has 7 heteroatoms. The van der Waals surface area contributed by atoms with Gasteiger partial charge in [0.05, 0.1) is 12.2 Å². The van der Waals surface area contributed by atoms with Gasteiger partial charge in [0.2, 0.25) is 5.91 Å². The van der Waals surface area contributed by atoms with Gasteiger partial charge in [0.15, 0.2) is 5.60 Å². The predicted octanol–water partition coefficient (Wildman–Crippen LogP) is 0.918. The second-order valence-electron chi connectivity index (χ2n) is 7.12. The second-order valence-corrected chi connectivity index (χ2v) is 7.12. The highest BCUT2D eigenvalue weighted by atomic mass is 16.3. The number of amides is 2. The summed E-state index contributed by atoms with van der Waals surface area (Å²) in [4.78, 5) is 28.6. The molecule has 7 nitrogen and oxygen atoms in total. The number of fused-ring (bicyclic) bond motifs is 1. The number of benzene rings is 1. The van der Waals surface area contributed by atoms with E-state index in [2.05, 4.69) is 11.9 Å². The number of aliphatic hydroxyl groups is 2. The zero-order valence-corrected chi connectivity index (χ0v) is 16.1. The van der Waals surface area contributed by atoms with Gasteiger partial charge < -0.3 is 25.3 Å². The first-order valence-corrected chi connectivity index (χ1v) is 9.53. The smallest absolute Gasteiger partial charge is 0.264 e. The molecule has 1 aromatic carbocycles. The zero-order valence-electron chi connectivity index (χ0n) is 16.1. The summed E-state index contributed by atoms with van der Waals surface area (Å²) >= 11 is 0. The van der Waals surface area contributed by atoms with Crippen molar-refractivity contribution in [2.45, 2.75) is 18.9 Å². The fourth-order valence-electron chi connectivity index (χ4n) is 3.81. The van der Waals surface area contributed by atoms with Gasteiger partial charge in [0, 0.05) is 43.4 Å². The number of hydrogen-bond acceptors (Lipinski definition) is 5. The van der Waals surface area contributed by atoms with Crippen molar-refractivity contribution in [3.8, 4) is 0 Å². The van der Waals surface area contributed by atoms with E-state index in [4.69, 9.17) is 5.11 Å². The lowest BCUT2D eigenvalue weighted by Crippen LogP contribution is -2.48. The molecule has 2 aliphatic rings. The minimum atomic E-state index is -1.74. The molecule has 0 bridgehead atoms. The monoisotopic (exact) mass is 385 g/mol. The standard InChI is InChI=1S/C21H27N3O4/c1-3-10-24-18-8-7-16(23-11-9-22-14-19(23)26)13-17(18)21(28,20(24)27)15(2)6-4-5-12-25/h3-4,6-8,13,15,22,25,28H,1,5,9-12,14H2,2H3/b6-4+/t15-,21+/m1/s1. The van der Waals surface area contributed by atoms with E-state index in [1.165, 1.54) is 4.90 Å². The van der Waals surface area contributed by atoms with Crippen LogP contribution in [-0.4, -0.2) is 54.8 Å². The molecule has 2 atom stereocenters. The van der Waals surface area contributed by atoms with Crippen molar-refractivity contribution in [2.75, 3.05) is 42.6 Å². The maximum atomic E-state index is 13.2. The Kier molecular flexibility index (Phi) is 5.98. The normalized spacial score (nSPS) is 23.4. The molecule has 2 aliphatic heterocycles. The fourth-order valence-corrected chi connectivity index (χ4v) is 3.81. The highest BCUT2D eigenvalue weighted by Crippen LogP contribution is 2.46. The van der Waals surface area contributed by atoms with Gasteiger partial charge in [-0.05, 0) is 24.6 Å². The predicted molar refractivity (Wildman–Crippen MR) is 108 cm³/mol. The summed E-state index contributed by atoms with van der Waals surface area (Å²) in [5.41, 5.74) is 0.0474. The summed E-state index contributed by atoms with van der Waals surface area (Å²) < 4.78 is 0. The number of hydrogen-bond donors (Lipinski definition) is 3. The molecule has 0 radical (unpaired) electrons. The van der Waals surface area contributed by atoms with Gasteiger partial charge in [-0.2, -0.15) is 0 Å². The first-order valence-electron chi connectivity index (χ1n) is 9.53. The Morgan fingerprint density at radius 3 is 2.86 bits per heavy atom. The summed E-state index contributed by atoms with van der Waals surface area (Å²) in [7, 11) is 0. The summed E-state index contributed by atoms with van der Waals surface area (Å²) in [6.45, 7) is 7.26. The van der Waals surface area contributed by atoms with E-state index in [1.54, 1.807) is 42.2 Å². The summed E-state index contributed by atoms with van der Waals surface area (Å²) in [5.74, 6) is -0.959. The molecule has 0 aliphatic carbocycles. The van der Waals surface area contributed by atoms with E-state index in [9.17, 15) is 14.7 Å². The van der Waals surface area contributed by atoms with Crippen molar-refractivity contribution >= 4 is 23.2 Å². The van der Waals surface area contributed by atoms with Crippen LogP contribution < -0.4 is 15.1 Å². The molecule has 1 saturated heterocycles. The Labute approximate surface area is 164 Å². The molecule has 1 fully saturated rings. The number of carbonyl (C=O) groups is 2. The Morgan fingerprint density at radius 2 is 2.18 bits per heavy atom. The number of nitrogens with zero attached hydrogens (tertiary/aromatic N) is 2. The summed E-state index contributed by atoms with van der Waals surface area (Å²) in [6, 6.07) is 5.34. The molecule has 1 aromatic rings. The highest BCUT2D eigenvalue weighted by molar-refractivity contribution is 6.08. The lowest BCUT2D eigenvalue weighted by atomic mass is 9.82. The van der Waals surface area contributed by atoms with Crippen molar-refractivity contribution in [3.05, 3.63) is 48.6 Å². The van der Waals surface area contributed by atoms with Crippen LogP contribution in [0.3, 0.4) is 0 Å². The minimum Gasteiger partial charge on any atom is -0.396 e. The van der Waals surface area contributed by atoms with Crippen LogP contribution >= 0.6 is 0 Å². The number of carbonyl (C=O) groups excluding carboxylic acids is 2. The van der Waals surface area contributed by atoms with Crippen LogP contribution in [0.15, 0.2) is 43.0 Å². The Bertz CT molecular complexity index is 807. The van der Waals surface area contributed by atoms with Crippen LogP contribution in [-0.2, 0) is 15.2 Å². The van der Waals surface area contributed by atoms with Gasteiger partial charge in [0.25, 0.3) is 5.91 Å². The van der Waals surface area contributed by atoms with E-state index in [-0.39, 0.29) is 25.6 Å². The maximum Gasteiger partial charge on any atom is 0.264 e. The summed E-state index contributed by atoms with van der Waals surface area (Å²) in [6.07, 6.45) is 5.58. The molecule has 0 saturated carbocycles. The molecule has 28 heavy (non-hydrogen) atoms. The van der Waals surface area contributed by atoms with E-state index >= 15 is 0 Å². The lowest BCUT2D eigenvalue weighted by Gasteiger charge is -2.30. The Balaban J connectivity index is 2.05. The van der Waals surface area contributed by atoms with Crippen molar-refractivity contribution < 1.29 is 19.8 Å². The topological polar surface area (TPSA) is 93.1 Å². The van der Waals surface area contributed by atoms with Crippen molar-refractivity contribution in [3.63, 3.8) is 0 Å². The lowest BCUT2D eigenvalue weighted by molar-refractivity contribution is -0.139. The number of piperazine rings is 1. The van der Waals surface area contributed by atoms with Gasteiger partial charge in [0.1, 0.15) is 0 Å². The van der Waals surface area contributed by atoms with E-state index in [1.807, 2.05) is 6.07 Å². The highest BCUT2D eigenvalue weighted by Gasteiger charge is 2.52. The minimum absolute atomic E-state index is 0.00399. The number of aliphatic hydroxyl groups excluding tert-OH is 1. The van der Waals surface area contributed by atoms with Gasteiger partial charge >= 0.3 is 0 Å². The van der Waals surface area contributed by atoms with E-state index < -0.39 is 17.4 Å². The molecule has 150 valence electrons. The van der Waals surface area contributed by atoms with Crippen LogP contribution in [0.1, 0.15) is 18.9 Å². The molecule has 0 unspecified atom stereocenters. The number of rotatable bonds is 7. The average Bonchev–Trinajstić information content (AvgIpc) is 2.91. The van der Waals surface area contributed by atoms with Crippen LogP contribution in [0.2, 0.25) is 0 Å². The number of nitrogens with one attached hydrogen (secondary N) is 1. The zero-order chi connectivity index (χ0) is 20.3. The molecular weight excluding hydrogens is 358 g/mol. The Morgan fingerprint density at radius 1 is 1.39 bits per heavy atom. The van der Waals surface area contributed by atoms with Gasteiger partial charge in [-0.1, -0.05) is 25.2 Å². The molecule has 2 amide bonds. The van der Waals surface area contributed by atoms with Crippen molar-refractivity contribution in [1.29, 1.82) is 0 Å². The van der Waals surface area contributed by atoms with Crippen LogP contribution in [0.25, 0.3) is 0 Å². The molecule has 0 spiro atoms. The second kappa shape index (κ2) is 8.26. The average molecular weight is 385 g/mol. The third-order valence-electron chi connectivity index (χ3n) is 5.35. The quantitative estimate of drug-likeness (QED) is 0.607. The van der Waals surface area contributed by atoms with Crippen molar-refractivity contribution in [1.82, 2.24) is 5.32 Å². The fraction of sp³-hybridized carbons (Fsp3) is 0.429. The Hall–Kier alpha value is -2.48. The molecule has 3 rings (SSSR count). The first kappa shape index (κ1) is 20.3. The molecule has 2 heterocycles. The number of anilines is 2. The molecule has 3 N–H and O–H groups in total. The van der Waals surface area contributed by atoms with E-state index in [0.717, 1.165) is 0 Å². The van der Waals surface area contributed by atoms with Gasteiger partial charge in [-0.15, -0.1) is 6.58 Å². The SMILES string of the molecule is C=CCN1C(=O)[C@](O)([C@H](C)/C=C/CCO)c2cc(N3CCNCC3=O)ccc21. The van der Waals surface area contributed by atoms with E-state index in [0.29, 0.717) is 36.4 Å². The largest absolute Gasteiger partial charge is 0.396 e. The summed E-state index contributed by atoms with van der Waals surface area (Å²) in [5, 5.41) is 23.5. The van der Waals surface area contributed by atoms with Crippen LogP contribution in [0.5, 0.6) is 0 Å². The van der Waals surface area contributed by atoms with Gasteiger partial charge in [-0.3, -0.25) is 9.59 Å². The third kappa shape index (κ3) is 3.37. The van der Waals surface area contributed by atoms with Crippen LogP contribution in [0, 0.1) is 5.92 Å².